The largest absolute Gasteiger partial charge is 0.481 e. The van der Waals surface area contributed by atoms with E-state index in [9.17, 15) is 33.6 Å². The van der Waals surface area contributed by atoms with E-state index in [4.69, 9.17) is 26.8 Å². The zero-order chi connectivity index (χ0) is 25.3. The van der Waals surface area contributed by atoms with E-state index in [0.29, 0.717) is 6.42 Å². The molecule has 0 radical (unpaired) electrons. The zero-order valence-corrected chi connectivity index (χ0v) is 17.6. The maximum Gasteiger partial charge on any atom is 0.326 e. The van der Waals surface area contributed by atoms with Crippen LogP contribution >= 0.6 is 0 Å². The van der Waals surface area contributed by atoms with Gasteiger partial charge in [-0.25, -0.2) is 4.79 Å². The van der Waals surface area contributed by atoms with Gasteiger partial charge in [0.25, 0.3) is 0 Å². The van der Waals surface area contributed by atoms with E-state index in [-0.39, 0.29) is 19.4 Å². The van der Waals surface area contributed by atoms with Crippen LogP contribution in [0.15, 0.2) is 0 Å². The summed E-state index contributed by atoms with van der Waals surface area (Å²) in [5.74, 6) is -7.75. The fourth-order valence-electron chi connectivity index (χ4n) is 3.26. The maximum absolute atomic E-state index is 13.0. The number of amides is 4. The molecule has 0 aromatic heterocycles. The molecule has 1 rings (SSSR count). The summed E-state index contributed by atoms with van der Waals surface area (Å²) in [5, 5.41) is 31.2. The molecule has 0 aliphatic carbocycles. The Morgan fingerprint density at radius 2 is 1.58 bits per heavy atom. The Hall–Kier alpha value is -3.75. The summed E-state index contributed by atoms with van der Waals surface area (Å²) in [5.41, 5.74) is 10.5. The number of primary amides is 1. The first-order valence-electron chi connectivity index (χ1n) is 9.95. The highest BCUT2D eigenvalue weighted by Gasteiger charge is 2.39. The van der Waals surface area contributed by atoms with E-state index in [1.165, 1.54) is 0 Å². The van der Waals surface area contributed by atoms with Crippen LogP contribution in [0.5, 0.6) is 0 Å². The minimum atomic E-state index is -1.61. The second-order valence-electron chi connectivity index (χ2n) is 7.46. The third-order valence-electron chi connectivity index (χ3n) is 4.85. The van der Waals surface area contributed by atoms with Crippen molar-refractivity contribution < 1.29 is 48.9 Å². The summed E-state index contributed by atoms with van der Waals surface area (Å²) >= 11 is 0. The smallest absolute Gasteiger partial charge is 0.326 e. The van der Waals surface area contributed by atoms with Crippen LogP contribution in [0, 0.1) is 0 Å². The number of likely N-dealkylation sites (tertiary alicyclic amines) is 1. The highest BCUT2D eigenvalue weighted by Crippen LogP contribution is 2.20. The highest BCUT2D eigenvalue weighted by atomic mass is 16.4. The average Bonchev–Trinajstić information content (AvgIpc) is 3.18. The van der Waals surface area contributed by atoms with Crippen molar-refractivity contribution in [3.63, 3.8) is 0 Å². The monoisotopic (exact) mass is 473 g/mol. The third-order valence-corrected chi connectivity index (χ3v) is 4.85. The number of rotatable bonds is 13. The predicted octanol–water partition coefficient (Wildman–Crippen LogP) is -3.43. The van der Waals surface area contributed by atoms with Crippen LogP contribution in [0.2, 0.25) is 0 Å². The van der Waals surface area contributed by atoms with Crippen molar-refractivity contribution in [1.29, 1.82) is 0 Å². The van der Waals surface area contributed by atoms with E-state index in [1.807, 2.05) is 0 Å². The molecule has 1 fully saturated rings. The molecule has 1 saturated heterocycles. The van der Waals surface area contributed by atoms with Crippen LogP contribution < -0.4 is 22.1 Å². The van der Waals surface area contributed by atoms with Gasteiger partial charge in [0, 0.05) is 13.0 Å². The quantitative estimate of drug-likeness (QED) is 0.138. The van der Waals surface area contributed by atoms with Gasteiger partial charge in [0.15, 0.2) is 0 Å². The maximum atomic E-state index is 13.0. The molecular weight excluding hydrogens is 446 g/mol. The van der Waals surface area contributed by atoms with Gasteiger partial charge in [-0.2, -0.15) is 0 Å². The summed E-state index contributed by atoms with van der Waals surface area (Å²) in [6.07, 6.45) is -1.76. The molecular formula is C18H27N5O10. The lowest BCUT2D eigenvalue weighted by Gasteiger charge is -2.29. The Bertz CT molecular complexity index is 816. The number of nitrogens with one attached hydrogen (secondary N) is 2. The number of nitrogens with zero attached hydrogens (tertiary/aromatic N) is 1. The Balaban J connectivity index is 2.99. The van der Waals surface area contributed by atoms with Crippen LogP contribution in [0.1, 0.15) is 38.5 Å². The van der Waals surface area contributed by atoms with Crippen molar-refractivity contribution in [1.82, 2.24) is 15.5 Å². The van der Waals surface area contributed by atoms with E-state index < -0.39 is 85.0 Å². The van der Waals surface area contributed by atoms with Gasteiger partial charge in [-0.3, -0.25) is 28.8 Å². The molecule has 0 spiro atoms. The number of carbonyl (C=O) groups is 7. The van der Waals surface area contributed by atoms with Gasteiger partial charge >= 0.3 is 17.9 Å². The van der Waals surface area contributed by atoms with Crippen LogP contribution in [0.4, 0.5) is 0 Å². The van der Waals surface area contributed by atoms with Crippen LogP contribution in [-0.2, 0) is 33.6 Å². The lowest BCUT2D eigenvalue weighted by molar-refractivity contribution is -0.146. The topological polar surface area (TPSA) is 260 Å². The van der Waals surface area contributed by atoms with Gasteiger partial charge in [0.1, 0.15) is 18.1 Å². The molecule has 184 valence electrons. The van der Waals surface area contributed by atoms with Crippen molar-refractivity contribution >= 4 is 41.5 Å². The van der Waals surface area contributed by atoms with Crippen molar-refractivity contribution in [3.8, 4) is 0 Å². The Morgan fingerprint density at radius 3 is 2.09 bits per heavy atom. The minimum absolute atomic E-state index is 0.0606. The molecule has 4 atom stereocenters. The molecule has 0 aromatic carbocycles. The molecule has 1 aliphatic heterocycles. The Labute approximate surface area is 187 Å². The minimum Gasteiger partial charge on any atom is -0.481 e. The number of carboxylic acids is 3. The molecule has 15 nitrogen and oxygen atoms in total. The molecule has 33 heavy (non-hydrogen) atoms. The Morgan fingerprint density at radius 1 is 0.939 bits per heavy atom. The normalized spacial score (nSPS) is 18.0. The second kappa shape index (κ2) is 12.3. The first-order chi connectivity index (χ1) is 15.3. The molecule has 15 heteroatoms. The van der Waals surface area contributed by atoms with Crippen LogP contribution in [0.25, 0.3) is 0 Å². The summed E-state index contributed by atoms with van der Waals surface area (Å²) in [7, 11) is 0. The Kier molecular flexibility index (Phi) is 10.2. The number of carboxylic acid groups (broad SMARTS) is 3. The molecule has 1 aliphatic rings. The van der Waals surface area contributed by atoms with Crippen molar-refractivity contribution in [3.05, 3.63) is 0 Å². The molecule has 4 amide bonds. The van der Waals surface area contributed by atoms with E-state index in [0.717, 1.165) is 4.90 Å². The number of aliphatic carboxylic acids is 3. The number of carbonyl (C=O) groups excluding carboxylic acids is 4. The molecule has 0 bridgehead atoms. The van der Waals surface area contributed by atoms with Crippen LogP contribution in [0.3, 0.4) is 0 Å². The first-order valence-corrected chi connectivity index (χ1v) is 9.95. The highest BCUT2D eigenvalue weighted by molar-refractivity contribution is 5.95. The lowest BCUT2D eigenvalue weighted by atomic mass is 10.1. The molecule has 4 unspecified atom stereocenters. The fraction of sp³-hybridized carbons (Fsp3) is 0.611. The summed E-state index contributed by atoms with van der Waals surface area (Å²) in [6.45, 7) is 0.0606. The average molecular weight is 473 g/mol. The number of hydrogen-bond acceptors (Lipinski definition) is 8. The van der Waals surface area contributed by atoms with Gasteiger partial charge in [-0.05, 0) is 19.3 Å². The summed E-state index contributed by atoms with van der Waals surface area (Å²) < 4.78 is 0. The van der Waals surface area contributed by atoms with Crippen molar-refractivity contribution in [2.24, 2.45) is 11.5 Å². The molecule has 0 saturated carbocycles. The fourth-order valence-corrected chi connectivity index (χ4v) is 3.26. The molecule has 1 heterocycles. The van der Waals surface area contributed by atoms with E-state index in [1.54, 1.807) is 0 Å². The number of nitrogens with two attached hydrogens (primary N) is 2. The van der Waals surface area contributed by atoms with E-state index >= 15 is 0 Å². The van der Waals surface area contributed by atoms with Gasteiger partial charge in [-0.15, -0.1) is 0 Å². The molecule has 0 aromatic rings. The number of hydrogen-bond donors (Lipinski definition) is 7. The zero-order valence-electron chi connectivity index (χ0n) is 17.6. The van der Waals surface area contributed by atoms with Gasteiger partial charge in [-0.1, -0.05) is 0 Å². The molecule has 9 N–H and O–H groups in total. The first kappa shape index (κ1) is 27.3. The van der Waals surface area contributed by atoms with Crippen LogP contribution in [-0.4, -0.2) is 92.5 Å². The lowest BCUT2D eigenvalue weighted by Crippen LogP contribution is -2.57. The predicted molar refractivity (Wildman–Crippen MR) is 107 cm³/mol. The van der Waals surface area contributed by atoms with E-state index in [2.05, 4.69) is 10.6 Å². The van der Waals surface area contributed by atoms with Gasteiger partial charge < -0.3 is 42.3 Å². The van der Waals surface area contributed by atoms with Crippen molar-refractivity contribution in [2.75, 3.05) is 6.54 Å². The summed E-state index contributed by atoms with van der Waals surface area (Å²) in [4.78, 5) is 82.9. The van der Waals surface area contributed by atoms with Crippen molar-refractivity contribution in [2.45, 2.75) is 62.7 Å². The second-order valence-corrected chi connectivity index (χ2v) is 7.46. The summed E-state index contributed by atoms with van der Waals surface area (Å²) in [6, 6.07) is -5.65. The standard InChI is InChI=1S/C18H27N5O10/c19-8(6-14(27)28)15(29)21-9(3-4-13(25)26)17(31)23-5-1-2-11(23)16(30)22-10(18(32)33)7-12(20)24/h8-11H,1-7,19H2,(H2,20,24)(H,21,29)(H,22,30)(H,25,26)(H,27,28)(H,32,33). The van der Waals surface area contributed by atoms with Gasteiger partial charge in [0.2, 0.25) is 23.6 Å². The third kappa shape index (κ3) is 8.72. The van der Waals surface area contributed by atoms with Gasteiger partial charge in [0.05, 0.1) is 18.9 Å². The SMILES string of the molecule is NC(=O)CC(NC(=O)C1CCCN1C(=O)C(CCC(=O)O)NC(=O)C(N)CC(=O)O)C(=O)O.